The second-order valence-electron chi connectivity index (χ2n) is 5.93. The largest absolute Gasteiger partial charge is 0.469 e. The number of terminal acetylenes is 2. The van der Waals surface area contributed by atoms with E-state index in [-0.39, 0.29) is 23.5 Å². The van der Waals surface area contributed by atoms with Gasteiger partial charge in [-0.2, -0.15) is 0 Å². The Bertz CT molecular complexity index is 807. The molecule has 0 aromatic carbocycles. The van der Waals surface area contributed by atoms with Gasteiger partial charge in [-0.15, -0.1) is 31.9 Å². The van der Waals surface area contributed by atoms with Gasteiger partial charge in [-0.05, 0) is 65.0 Å². The summed E-state index contributed by atoms with van der Waals surface area (Å²) in [7, 11) is 1.35. The molecule has 0 aliphatic carbocycles. The number of rotatable bonds is 4. The highest BCUT2D eigenvalue weighted by atomic mass is 16.5. The maximum absolute atomic E-state index is 10.3. The first kappa shape index (κ1) is 45.2. The van der Waals surface area contributed by atoms with Crippen LogP contribution in [0.3, 0.4) is 0 Å². The van der Waals surface area contributed by atoms with Gasteiger partial charge in [0.25, 0.3) is 0 Å². The molecule has 1 aliphatic rings. The summed E-state index contributed by atoms with van der Waals surface area (Å²) in [5.74, 6) is 8.93. The normalized spacial score (nSPS) is 8.58. The first-order valence-corrected chi connectivity index (χ1v) is 10.4. The molecule has 0 spiro atoms. The number of hydrogen-bond donors (Lipinski definition) is 0. The molecule has 6 nitrogen and oxygen atoms in total. The quantitative estimate of drug-likeness (QED) is 0.217. The molecular weight excluding hydrogens is 456 g/mol. The van der Waals surface area contributed by atoms with Crippen LogP contribution in [0.4, 0.5) is 0 Å². The van der Waals surface area contributed by atoms with Gasteiger partial charge in [-0.25, -0.2) is 4.79 Å². The van der Waals surface area contributed by atoms with Crippen LogP contribution in [-0.4, -0.2) is 37.2 Å². The van der Waals surface area contributed by atoms with Crippen molar-refractivity contribution in [3.05, 3.63) is 62.3 Å². The van der Waals surface area contributed by atoms with Crippen molar-refractivity contribution in [1.82, 2.24) is 0 Å². The van der Waals surface area contributed by atoms with Crippen molar-refractivity contribution in [2.24, 2.45) is 0 Å². The molecule has 0 bridgehead atoms. The van der Waals surface area contributed by atoms with E-state index in [1.807, 2.05) is 6.92 Å². The zero-order chi connectivity index (χ0) is 29.9. The summed E-state index contributed by atoms with van der Waals surface area (Å²) in [5, 5.41) is 0. The Labute approximate surface area is 219 Å². The van der Waals surface area contributed by atoms with Crippen LogP contribution in [-0.2, 0) is 28.7 Å². The van der Waals surface area contributed by atoms with Crippen LogP contribution < -0.4 is 0 Å². The third-order valence-electron chi connectivity index (χ3n) is 2.55. The highest BCUT2D eigenvalue weighted by Gasteiger charge is 2.14. The number of esters is 2. The van der Waals surface area contributed by atoms with Crippen LogP contribution in [0, 0.1) is 36.5 Å². The van der Waals surface area contributed by atoms with Crippen LogP contribution in [0.2, 0.25) is 0 Å². The average molecular weight is 499 g/mol. The first-order chi connectivity index (χ1) is 16.8. The number of carbonyl (C=O) groups is 4. The van der Waals surface area contributed by atoms with E-state index in [4.69, 9.17) is 6.42 Å². The van der Waals surface area contributed by atoms with Crippen molar-refractivity contribution < 1.29 is 28.7 Å². The summed E-state index contributed by atoms with van der Waals surface area (Å²) in [5.41, 5.74) is 1.22. The molecule has 0 radical (unpaired) electrons. The van der Waals surface area contributed by atoms with E-state index in [9.17, 15) is 19.2 Å². The Balaban J connectivity index is -0.0000000746. The third kappa shape index (κ3) is 70.0. The Morgan fingerprint density at radius 2 is 1.50 bits per heavy atom. The molecule has 1 heterocycles. The van der Waals surface area contributed by atoms with E-state index < -0.39 is 0 Å². The summed E-state index contributed by atoms with van der Waals surface area (Å²) in [6, 6.07) is 0. The molecule has 0 N–H and O–H groups in total. The summed E-state index contributed by atoms with van der Waals surface area (Å²) in [4.78, 5) is 40.1. The Kier molecular flexibility index (Phi) is 51.4. The zero-order valence-electron chi connectivity index (χ0n) is 23.0. The number of ether oxygens (including phenoxy) is 2. The number of hydrogen-bond acceptors (Lipinski definition) is 6. The van der Waals surface area contributed by atoms with Crippen molar-refractivity contribution in [2.45, 2.75) is 54.4 Å². The number of carbonyl (C=O) groups excluding carboxylic acids is 4. The molecule has 1 rings (SSSR count). The standard InChI is InChI=1S/C5H6O2.C5H8O2.C5H8O.C5H4.C4H6O.C3H6.C3H4/c1-4-2-3-7-5(4)6;1-3-4-5(6)7-2;1-4(2)5(3)6;1-3-5-4-2;1-3-4(2)5;2*1-3-2/h1-3H2;3H,1,4H2,2H3;1H2,2-3H3;1H,2H3;3H,1H2,2H3;3H,1H2,2H3;1H,2H3. The molecule has 198 valence electrons. The fourth-order valence-electron chi connectivity index (χ4n) is 0.744. The molecule has 1 aliphatic heterocycles. The van der Waals surface area contributed by atoms with Gasteiger partial charge in [0, 0.05) is 12.0 Å². The van der Waals surface area contributed by atoms with E-state index in [2.05, 4.69) is 72.5 Å². The molecular formula is C30H42O6. The molecule has 0 atom stereocenters. The predicted octanol–water partition coefficient (Wildman–Crippen LogP) is 5.61. The predicted molar refractivity (Wildman–Crippen MR) is 151 cm³/mol. The molecule has 0 saturated carbocycles. The number of ketones is 2. The van der Waals surface area contributed by atoms with Crippen LogP contribution in [0.1, 0.15) is 54.4 Å². The second-order valence-corrected chi connectivity index (χ2v) is 5.93. The maximum atomic E-state index is 10.3. The minimum absolute atomic E-state index is 0.0185. The monoisotopic (exact) mass is 498 g/mol. The molecule has 1 saturated heterocycles. The maximum Gasteiger partial charge on any atom is 0.333 e. The van der Waals surface area contributed by atoms with Gasteiger partial charge in [-0.3, -0.25) is 14.4 Å². The Hall–Kier alpha value is -4.34. The van der Waals surface area contributed by atoms with E-state index in [1.165, 1.54) is 33.1 Å². The molecule has 0 aromatic heterocycles. The Morgan fingerprint density at radius 1 is 1.11 bits per heavy atom. The molecule has 0 amide bonds. The lowest BCUT2D eigenvalue weighted by molar-refractivity contribution is -0.139. The van der Waals surface area contributed by atoms with Gasteiger partial charge >= 0.3 is 11.9 Å². The number of cyclic esters (lactones) is 1. The van der Waals surface area contributed by atoms with Gasteiger partial charge in [-0.1, -0.05) is 37.8 Å². The lowest BCUT2D eigenvalue weighted by Crippen LogP contribution is -1.95. The SMILES string of the molecule is C#CC.C#CC#CC.C=C(C)C(C)=O.C=C1CCOC1=O.C=CC.C=CC(C)=O.C=CCC(=O)OC. The van der Waals surface area contributed by atoms with Crippen molar-refractivity contribution >= 4 is 23.5 Å². The van der Waals surface area contributed by atoms with E-state index in [0.29, 0.717) is 30.6 Å². The van der Waals surface area contributed by atoms with Crippen LogP contribution in [0.15, 0.2) is 62.3 Å². The summed E-state index contributed by atoms with van der Waals surface area (Å²) in [6.45, 7) is 27.2. The van der Waals surface area contributed by atoms with Crippen LogP contribution in [0.5, 0.6) is 0 Å². The molecule has 1 fully saturated rings. The number of Topliss-reactive ketones (excluding diaryl/α,β-unsaturated/α-hetero) is 1. The van der Waals surface area contributed by atoms with Crippen molar-refractivity contribution in [3.63, 3.8) is 0 Å². The van der Waals surface area contributed by atoms with Gasteiger partial charge in [0.05, 0.1) is 20.1 Å². The second kappa shape index (κ2) is 41.0. The van der Waals surface area contributed by atoms with Crippen molar-refractivity contribution in [3.8, 4) is 36.5 Å². The minimum Gasteiger partial charge on any atom is -0.469 e. The van der Waals surface area contributed by atoms with Gasteiger partial charge < -0.3 is 9.47 Å². The van der Waals surface area contributed by atoms with Crippen LogP contribution in [0.25, 0.3) is 0 Å². The van der Waals surface area contributed by atoms with Gasteiger partial charge in [0.15, 0.2) is 11.6 Å². The van der Waals surface area contributed by atoms with Crippen LogP contribution >= 0.6 is 0 Å². The molecule has 6 heteroatoms. The van der Waals surface area contributed by atoms with E-state index >= 15 is 0 Å². The summed E-state index contributed by atoms with van der Waals surface area (Å²) >= 11 is 0. The van der Waals surface area contributed by atoms with Gasteiger partial charge in [0.1, 0.15) is 0 Å². The first-order valence-electron chi connectivity index (χ1n) is 10.4. The summed E-state index contributed by atoms with van der Waals surface area (Å²) < 4.78 is 8.81. The molecule has 0 unspecified atom stereocenters. The van der Waals surface area contributed by atoms with E-state index in [0.717, 1.165) is 0 Å². The Morgan fingerprint density at radius 3 is 1.56 bits per heavy atom. The number of methoxy groups -OCH3 is 1. The third-order valence-corrected chi connectivity index (χ3v) is 2.55. The summed E-state index contributed by atoms with van der Waals surface area (Å²) in [6.07, 6.45) is 14.9. The number of allylic oxidation sites excluding steroid dienone is 3. The smallest absolute Gasteiger partial charge is 0.333 e. The molecule has 36 heavy (non-hydrogen) atoms. The fraction of sp³-hybridized carbons (Fsp3) is 0.333. The highest BCUT2D eigenvalue weighted by molar-refractivity contribution is 5.91. The fourth-order valence-corrected chi connectivity index (χ4v) is 0.744. The topological polar surface area (TPSA) is 86.7 Å². The van der Waals surface area contributed by atoms with Crippen molar-refractivity contribution in [2.75, 3.05) is 13.7 Å². The lowest BCUT2D eigenvalue weighted by Gasteiger charge is -1.88. The van der Waals surface area contributed by atoms with Gasteiger partial charge in [0.2, 0.25) is 0 Å². The minimum atomic E-state index is -0.241. The van der Waals surface area contributed by atoms with Crippen molar-refractivity contribution in [1.29, 1.82) is 0 Å². The zero-order valence-corrected chi connectivity index (χ0v) is 23.0. The molecule has 0 aromatic rings. The average Bonchev–Trinajstić information content (AvgIpc) is 3.19. The van der Waals surface area contributed by atoms with E-state index in [1.54, 1.807) is 26.8 Å². The highest BCUT2D eigenvalue weighted by Crippen LogP contribution is 2.08. The lowest BCUT2D eigenvalue weighted by atomic mass is 10.3.